The summed E-state index contributed by atoms with van der Waals surface area (Å²) >= 11 is 0. The topological polar surface area (TPSA) is 41.1 Å². The fourth-order valence-corrected chi connectivity index (χ4v) is 5.58. The second kappa shape index (κ2) is 11.6. The number of likely N-dealkylation sites (tertiary alicyclic amines) is 1. The number of hydrogen-bond acceptors (Lipinski definition) is 4. The number of benzene rings is 3. The molecule has 0 saturated carbocycles. The Kier molecular flexibility index (Phi) is 8.01. The van der Waals surface area contributed by atoms with Gasteiger partial charge in [-0.3, -0.25) is 0 Å². The molecule has 1 saturated heterocycles. The molecule has 0 bridgehead atoms. The standard InChI is InChI=1S/C31H30F2N4.ClH/c32-28-13-10-22(19-29(28)33)27-18-23-20-34-31(36-30(23)26-7-3-2-6-25(26)27)35-24-11-8-21(9-12-24)14-17-37-15-4-1-5-16-37;/h2-3,6-13,19-20,27H,1,4-5,14-18H2,(H,34,35,36);1H. The summed E-state index contributed by atoms with van der Waals surface area (Å²) in [5.41, 5.74) is 6.96. The van der Waals surface area contributed by atoms with Gasteiger partial charge in [0.1, 0.15) is 0 Å². The van der Waals surface area contributed by atoms with Crippen molar-refractivity contribution in [3.8, 4) is 11.3 Å². The quantitative estimate of drug-likeness (QED) is 0.283. The number of nitrogens with zero attached hydrogens (tertiary/aromatic N) is 3. The lowest BCUT2D eigenvalue weighted by Gasteiger charge is -2.27. The molecule has 7 heteroatoms. The van der Waals surface area contributed by atoms with Crippen LogP contribution in [0.1, 0.15) is 47.4 Å². The molecule has 3 aromatic carbocycles. The predicted octanol–water partition coefficient (Wildman–Crippen LogP) is 7.30. The second-order valence-electron chi connectivity index (χ2n) is 10.1. The lowest BCUT2D eigenvalue weighted by molar-refractivity contribution is 0.231. The van der Waals surface area contributed by atoms with Gasteiger partial charge in [-0.2, -0.15) is 0 Å². The van der Waals surface area contributed by atoms with Crippen LogP contribution in [0.15, 0.2) is 72.9 Å². The summed E-state index contributed by atoms with van der Waals surface area (Å²) in [6.45, 7) is 3.56. The summed E-state index contributed by atoms with van der Waals surface area (Å²) in [6.07, 6.45) is 7.54. The molecule has 1 N–H and O–H groups in total. The maximum Gasteiger partial charge on any atom is 0.227 e. The van der Waals surface area contributed by atoms with Crippen LogP contribution in [0, 0.1) is 11.6 Å². The SMILES string of the molecule is Cl.Fc1ccc(C2Cc3cnc(Nc4ccc(CCN5CCCCC5)cc4)nc3-c3ccccc32)cc1F. The van der Waals surface area contributed by atoms with Crippen LogP contribution in [0.25, 0.3) is 11.3 Å². The Labute approximate surface area is 228 Å². The lowest BCUT2D eigenvalue weighted by Crippen LogP contribution is -2.31. The Balaban J connectivity index is 0.00000294. The largest absolute Gasteiger partial charge is 0.324 e. The molecule has 1 atom stereocenters. The van der Waals surface area contributed by atoms with Gasteiger partial charge in [0.15, 0.2) is 11.6 Å². The molecule has 1 aromatic heterocycles. The molecule has 196 valence electrons. The minimum atomic E-state index is -0.831. The minimum absolute atomic E-state index is 0. The number of halogens is 3. The average molecular weight is 533 g/mol. The molecule has 2 aliphatic rings. The van der Waals surface area contributed by atoms with E-state index in [1.165, 1.54) is 50.0 Å². The zero-order valence-corrected chi connectivity index (χ0v) is 22.0. The molecule has 1 aliphatic carbocycles. The molecule has 2 heterocycles. The van der Waals surface area contributed by atoms with E-state index >= 15 is 0 Å². The van der Waals surface area contributed by atoms with Crippen LogP contribution in [0.4, 0.5) is 20.4 Å². The van der Waals surface area contributed by atoms with Gasteiger partial charge in [0, 0.05) is 29.9 Å². The molecule has 6 rings (SSSR count). The summed E-state index contributed by atoms with van der Waals surface area (Å²) in [6, 6.07) is 20.7. The molecule has 0 spiro atoms. The zero-order chi connectivity index (χ0) is 25.2. The number of piperidine rings is 1. The van der Waals surface area contributed by atoms with E-state index in [9.17, 15) is 8.78 Å². The van der Waals surface area contributed by atoms with Gasteiger partial charge in [0.25, 0.3) is 0 Å². The molecule has 38 heavy (non-hydrogen) atoms. The highest BCUT2D eigenvalue weighted by Crippen LogP contribution is 2.42. The highest BCUT2D eigenvalue weighted by atomic mass is 35.5. The van der Waals surface area contributed by atoms with Crippen LogP contribution in [0.2, 0.25) is 0 Å². The van der Waals surface area contributed by atoms with Crippen molar-refractivity contribution in [1.29, 1.82) is 0 Å². The van der Waals surface area contributed by atoms with Crippen LogP contribution in [0.5, 0.6) is 0 Å². The maximum atomic E-state index is 14.0. The van der Waals surface area contributed by atoms with Gasteiger partial charge in [-0.25, -0.2) is 18.7 Å². The minimum Gasteiger partial charge on any atom is -0.324 e. The van der Waals surface area contributed by atoms with Gasteiger partial charge < -0.3 is 10.2 Å². The third kappa shape index (κ3) is 5.57. The summed E-state index contributed by atoms with van der Waals surface area (Å²) < 4.78 is 27.6. The first-order chi connectivity index (χ1) is 18.1. The van der Waals surface area contributed by atoms with Gasteiger partial charge in [0.2, 0.25) is 5.95 Å². The lowest BCUT2D eigenvalue weighted by atomic mass is 9.78. The molecular formula is C31H31ClF2N4. The van der Waals surface area contributed by atoms with Crippen LogP contribution in [0.3, 0.4) is 0 Å². The average Bonchev–Trinajstić information content (AvgIpc) is 2.94. The summed E-state index contributed by atoms with van der Waals surface area (Å²) in [4.78, 5) is 12.0. The third-order valence-corrected chi connectivity index (χ3v) is 7.60. The Morgan fingerprint density at radius 3 is 2.47 bits per heavy atom. The fraction of sp³-hybridized carbons (Fsp3) is 0.290. The van der Waals surface area contributed by atoms with Crippen LogP contribution in [-0.4, -0.2) is 34.5 Å². The molecule has 1 unspecified atom stereocenters. The number of fused-ring (bicyclic) bond motifs is 3. The molecular weight excluding hydrogens is 502 g/mol. The first kappa shape index (κ1) is 26.3. The fourth-order valence-electron chi connectivity index (χ4n) is 5.58. The van der Waals surface area contributed by atoms with E-state index in [-0.39, 0.29) is 18.3 Å². The molecule has 0 radical (unpaired) electrons. The van der Waals surface area contributed by atoms with E-state index in [0.717, 1.165) is 46.6 Å². The number of nitrogens with one attached hydrogen (secondary N) is 1. The van der Waals surface area contributed by atoms with E-state index in [2.05, 4.69) is 39.5 Å². The van der Waals surface area contributed by atoms with Gasteiger partial charge >= 0.3 is 0 Å². The number of hydrogen-bond donors (Lipinski definition) is 1. The van der Waals surface area contributed by atoms with E-state index in [1.807, 2.05) is 30.5 Å². The predicted molar refractivity (Wildman–Crippen MR) is 150 cm³/mol. The highest BCUT2D eigenvalue weighted by Gasteiger charge is 2.28. The van der Waals surface area contributed by atoms with Gasteiger partial charge in [-0.1, -0.05) is 48.9 Å². The molecule has 4 nitrogen and oxygen atoms in total. The van der Waals surface area contributed by atoms with Crippen molar-refractivity contribution in [2.24, 2.45) is 0 Å². The number of rotatable bonds is 6. The molecule has 1 aliphatic heterocycles. The van der Waals surface area contributed by atoms with Crippen molar-refractivity contribution in [1.82, 2.24) is 14.9 Å². The van der Waals surface area contributed by atoms with Crippen molar-refractivity contribution in [2.75, 3.05) is 25.0 Å². The zero-order valence-electron chi connectivity index (χ0n) is 21.2. The monoisotopic (exact) mass is 532 g/mol. The van der Waals surface area contributed by atoms with E-state index in [4.69, 9.17) is 4.98 Å². The van der Waals surface area contributed by atoms with Crippen molar-refractivity contribution in [2.45, 2.75) is 38.0 Å². The van der Waals surface area contributed by atoms with E-state index in [1.54, 1.807) is 6.07 Å². The smallest absolute Gasteiger partial charge is 0.227 e. The molecule has 1 fully saturated rings. The summed E-state index contributed by atoms with van der Waals surface area (Å²) in [5, 5.41) is 3.35. The van der Waals surface area contributed by atoms with E-state index in [0.29, 0.717) is 12.4 Å². The van der Waals surface area contributed by atoms with Gasteiger partial charge in [-0.05, 0) is 85.3 Å². The molecule has 0 amide bonds. The van der Waals surface area contributed by atoms with Crippen molar-refractivity contribution in [3.63, 3.8) is 0 Å². The first-order valence-corrected chi connectivity index (χ1v) is 13.1. The Hall–Kier alpha value is -3.35. The molecule has 4 aromatic rings. The second-order valence-corrected chi connectivity index (χ2v) is 10.1. The van der Waals surface area contributed by atoms with Crippen LogP contribution >= 0.6 is 12.4 Å². The van der Waals surface area contributed by atoms with Crippen LogP contribution < -0.4 is 5.32 Å². The maximum absolute atomic E-state index is 14.0. The van der Waals surface area contributed by atoms with Gasteiger partial charge in [0.05, 0.1) is 5.69 Å². The van der Waals surface area contributed by atoms with Crippen LogP contribution in [-0.2, 0) is 12.8 Å². The summed E-state index contributed by atoms with van der Waals surface area (Å²) in [7, 11) is 0. The number of anilines is 2. The van der Waals surface area contributed by atoms with E-state index < -0.39 is 11.6 Å². The Bertz CT molecular complexity index is 1400. The third-order valence-electron chi connectivity index (χ3n) is 7.60. The van der Waals surface area contributed by atoms with Crippen molar-refractivity contribution >= 4 is 24.0 Å². The number of aromatic nitrogens is 2. The first-order valence-electron chi connectivity index (χ1n) is 13.1. The Morgan fingerprint density at radius 1 is 0.895 bits per heavy atom. The van der Waals surface area contributed by atoms with Crippen molar-refractivity contribution < 1.29 is 8.78 Å². The summed E-state index contributed by atoms with van der Waals surface area (Å²) in [5.74, 6) is -1.20. The Morgan fingerprint density at radius 2 is 1.68 bits per heavy atom. The van der Waals surface area contributed by atoms with Crippen molar-refractivity contribution in [3.05, 3.63) is 107 Å². The highest BCUT2D eigenvalue weighted by molar-refractivity contribution is 5.85. The van der Waals surface area contributed by atoms with Gasteiger partial charge in [-0.15, -0.1) is 12.4 Å². The normalized spacial score (nSPS) is 16.7.